The van der Waals surface area contributed by atoms with Crippen LogP contribution in [-0.4, -0.2) is 43.4 Å². The fourth-order valence-corrected chi connectivity index (χ4v) is 3.85. The summed E-state index contributed by atoms with van der Waals surface area (Å²) in [7, 11) is 1.77. The number of amides is 1. The van der Waals surface area contributed by atoms with Crippen molar-refractivity contribution in [1.82, 2.24) is 15.5 Å². The van der Waals surface area contributed by atoms with Gasteiger partial charge in [0.05, 0.1) is 0 Å². The number of aliphatic imine (C=N–C) groups is 1. The number of hydrogen-bond acceptors (Lipinski definition) is 3. The summed E-state index contributed by atoms with van der Waals surface area (Å²) in [5, 5.41) is 9.73. The summed E-state index contributed by atoms with van der Waals surface area (Å²) >= 11 is 0. The largest absolute Gasteiger partial charge is 0.356 e. The highest BCUT2D eigenvalue weighted by Crippen LogP contribution is 2.31. The maximum atomic E-state index is 12.0. The molecular weight excluding hydrogens is 501 g/mol. The molecule has 1 aliphatic rings. The van der Waals surface area contributed by atoms with E-state index in [2.05, 4.69) is 70.0 Å². The van der Waals surface area contributed by atoms with Crippen LogP contribution in [-0.2, 0) is 17.9 Å². The van der Waals surface area contributed by atoms with Crippen LogP contribution in [0.2, 0.25) is 0 Å². The molecule has 0 saturated carbocycles. The first-order chi connectivity index (χ1) is 14.6. The number of fused-ring (bicyclic) bond motifs is 1. The highest BCUT2D eigenvalue weighted by molar-refractivity contribution is 14.0. The zero-order chi connectivity index (χ0) is 21.3. The molecule has 6 nitrogen and oxygen atoms in total. The van der Waals surface area contributed by atoms with Crippen LogP contribution < -0.4 is 16.0 Å². The Morgan fingerprint density at radius 1 is 1.10 bits per heavy atom. The van der Waals surface area contributed by atoms with Gasteiger partial charge in [0.2, 0.25) is 5.91 Å². The van der Waals surface area contributed by atoms with Crippen molar-refractivity contribution in [2.75, 3.05) is 32.0 Å². The summed E-state index contributed by atoms with van der Waals surface area (Å²) < 4.78 is 0. The van der Waals surface area contributed by atoms with Gasteiger partial charge >= 0.3 is 0 Å². The van der Waals surface area contributed by atoms with Crippen LogP contribution in [0.3, 0.4) is 0 Å². The molecule has 1 unspecified atom stereocenters. The molecule has 0 spiro atoms. The lowest BCUT2D eigenvalue weighted by Crippen LogP contribution is -2.40. The summed E-state index contributed by atoms with van der Waals surface area (Å²) in [6.45, 7) is 8.82. The van der Waals surface area contributed by atoms with E-state index < -0.39 is 0 Å². The Kier molecular flexibility index (Phi) is 10.3. The van der Waals surface area contributed by atoms with Crippen molar-refractivity contribution in [2.45, 2.75) is 39.3 Å². The number of rotatable bonds is 8. The van der Waals surface area contributed by atoms with Crippen LogP contribution in [0.4, 0.5) is 5.69 Å². The van der Waals surface area contributed by atoms with E-state index in [1.807, 2.05) is 18.2 Å². The predicted octanol–water partition coefficient (Wildman–Crippen LogP) is 3.94. The van der Waals surface area contributed by atoms with E-state index in [1.54, 1.807) is 7.05 Å². The van der Waals surface area contributed by atoms with Gasteiger partial charge in [0.25, 0.3) is 0 Å². The lowest BCUT2D eigenvalue weighted by atomic mass is 9.90. The average Bonchev–Trinajstić information content (AvgIpc) is 2.77. The Balaban J connectivity index is 0.00000341. The van der Waals surface area contributed by atoms with Gasteiger partial charge in [-0.15, -0.1) is 24.0 Å². The van der Waals surface area contributed by atoms with Crippen LogP contribution in [0, 0.1) is 0 Å². The van der Waals surface area contributed by atoms with Crippen molar-refractivity contribution in [2.24, 2.45) is 4.99 Å². The molecule has 1 aliphatic heterocycles. The number of carbonyl (C=O) groups excluding carboxylic acids is 1. The third-order valence-electron chi connectivity index (χ3n) is 5.60. The number of halogens is 1. The average molecular weight is 535 g/mol. The van der Waals surface area contributed by atoms with Crippen molar-refractivity contribution in [3.63, 3.8) is 0 Å². The topological polar surface area (TPSA) is 68.8 Å². The highest BCUT2D eigenvalue weighted by Gasteiger charge is 2.24. The van der Waals surface area contributed by atoms with E-state index in [4.69, 9.17) is 0 Å². The van der Waals surface area contributed by atoms with E-state index in [1.165, 1.54) is 16.7 Å². The van der Waals surface area contributed by atoms with Gasteiger partial charge < -0.3 is 16.0 Å². The van der Waals surface area contributed by atoms with E-state index in [0.717, 1.165) is 31.3 Å². The molecule has 3 N–H and O–H groups in total. The second kappa shape index (κ2) is 12.7. The van der Waals surface area contributed by atoms with Gasteiger partial charge in [0.1, 0.15) is 0 Å². The molecule has 3 rings (SSSR count). The number of benzene rings is 2. The molecule has 0 fully saturated rings. The molecule has 2 aromatic carbocycles. The number of nitrogens with one attached hydrogen (secondary N) is 3. The fraction of sp³-hybridized carbons (Fsp3) is 0.417. The van der Waals surface area contributed by atoms with Crippen molar-refractivity contribution in [3.8, 4) is 0 Å². The zero-order valence-electron chi connectivity index (χ0n) is 18.6. The molecule has 1 heterocycles. The van der Waals surface area contributed by atoms with Crippen molar-refractivity contribution < 1.29 is 4.79 Å². The van der Waals surface area contributed by atoms with E-state index in [-0.39, 0.29) is 35.8 Å². The molecular formula is C24H34IN5O. The van der Waals surface area contributed by atoms with Gasteiger partial charge in [0, 0.05) is 44.7 Å². The number of para-hydroxylation sites is 1. The standard InChI is InChI=1S/C24H33N5O.HI/c1-4-29(5-2)17-19-10-8-9-18(13-19)15-26-24(25-3)27-16-20-14-23(30)28-22-12-7-6-11-21(20)22;/h6-13,20H,4-5,14-17H2,1-3H3,(H,28,30)(H2,25,26,27);1H. The molecule has 0 bridgehead atoms. The molecule has 1 atom stereocenters. The van der Waals surface area contributed by atoms with Gasteiger partial charge in [0.15, 0.2) is 5.96 Å². The van der Waals surface area contributed by atoms with Crippen LogP contribution in [0.5, 0.6) is 0 Å². The molecule has 168 valence electrons. The summed E-state index contributed by atoms with van der Waals surface area (Å²) in [4.78, 5) is 18.8. The monoisotopic (exact) mass is 535 g/mol. The maximum Gasteiger partial charge on any atom is 0.225 e. The minimum atomic E-state index is 0. The Bertz CT molecular complexity index is 882. The summed E-state index contributed by atoms with van der Waals surface area (Å²) in [6.07, 6.45) is 0.481. The molecule has 2 aromatic rings. The van der Waals surface area contributed by atoms with Gasteiger partial charge in [-0.3, -0.25) is 14.7 Å². The molecule has 31 heavy (non-hydrogen) atoms. The molecule has 0 aromatic heterocycles. The summed E-state index contributed by atoms with van der Waals surface area (Å²) in [5.41, 5.74) is 4.63. The Morgan fingerprint density at radius 3 is 2.58 bits per heavy atom. The third kappa shape index (κ3) is 7.21. The smallest absolute Gasteiger partial charge is 0.225 e. The predicted molar refractivity (Wildman–Crippen MR) is 139 cm³/mol. The molecule has 1 amide bonds. The first kappa shape index (κ1) is 25.1. The van der Waals surface area contributed by atoms with E-state index in [0.29, 0.717) is 19.5 Å². The third-order valence-corrected chi connectivity index (χ3v) is 5.60. The van der Waals surface area contributed by atoms with Crippen LogP contribution in [0.1, 0.15) is 42.9 Å². The maximum absolute atomic E-state index is 12.0. The molecule has 0 radical (unpaired) electrons. The number of anilines is 1. The van der Waals surface area contributed by atoms with Crippen molar-refractivity contribution in [3.05, 3.63) is 65.2 Å². The Hall–Kier alpha value is -2.13. The van der Waals surface area contributed by atoms with Gasteiger partial charge in [-0.05, 0) is 35.8 Å². The minimum absolute atomic E-state index is 0. The zero-order valence-corrected chi connectivity index (χ0v) is 21.0. The van der Waals surface area contributed by atoms with E-state index >= 15 is 0 Å². The number of guanidine groups is 1. The number of hydrogen-bond donors (Lipinski definition) is 3. The molecule has 0 saturated heterocycles. The first-order valence-electron chi connectivity index (χ1n) is 10.8. The SMILES string of the molecule is CCN(CC)Cc1cccc(CNC(=NC)NCC2CC(=O)Nc3ccccc32)c1.I. The van der Waals surface area contributed by atoms with Gasteiger partial charge in [-0.25, -0.2) is 0 Å². The lowest BCUT2D eigenvalue weighted by Gasteiger charge is -2.26. The number of nitrogens with zero attached hydrogens (tertiary/aromatic N) is 2. The van der Waals surface area contributed by atoms with Crippen LogP contribution >= 0.6 is 24.0 Å². The quantitative estimate of drug-likeness (QED) is 0.272. The van der Waals surface area contributed by atoms with Crippen molar-refractivity contribution in [1.29, 1.82) is 0 Å². The number of carbonyl (C=O) groups is 1. The Labute approximate surface area is 202 Å². The fourth-order valence-electron chi connectivity index (χ4n) is 3.85. The highest BCUT2D eigenvalue weighted by atomic mass is 127. The summed E-state index contributed by atoms with van der Waals surface area (Å²) in [6, 6.07) is 16.7. The van der Waals surface area contributed by atoms with Crippen LogP contribution in [0.15, 0.2) is 53.5 Å². The van der Waals surface area contributed by atoms with Gasteiger partial charge in [-0.2, -0.15) is 0 Å². The second-order valence-corrected chi connectivity index (χ2v) is 7.62. The molecule has 0 aliphatic carbocycles. The molecule has 7 heteroatoms. The summed E-state index contributed by atoms with van der Waals surface area (Å²) in [5.74, 6) is 0.937. The van der Waals surface area contributed by atoms with Crippen molar-refractivity contribution >= 4 is 41.5 Å². The Morgan fingerprint density at radius 2 is 1.84 bits per heavy atom. The normalized spacial score (nSPS) is 15.7. The lowest BCUT2D eigenvalue weighted by molar-refractivity contribution is -0.116. The minimum Gasteiger partial charge on any atom is -0.356 e. The second-order valence-electron chi connectivity index (χ2n) is 7.62. The first-order valence-corrected chi connectivity index (χ1v) is 10.8. The van der Waals surface area contributed by atoms with E-state index in [9.17, 15) is 4.79 Å². The van der Waals surface area contributed by atoms with Gasteiger partial charge in [-0.1, -0.05) is 56.3 Å². The van der Waals surface area contributed by atoms with Crippen LogP contribution in [0.25, 0.3) is 0 Å².